The third-order valence-corrected chi connectivity index (χ3v) is 2.06. The van der Waals surface area contributed by atoms with Gasteiger partial charge in [-0.2, -0.15) is 0 Å². The molecule has 0 aromatic rings. The fourth-order valence-corrected chi connectivity index (χ4v) is 1.30. The average molecular weight is 200 g/mol. The van der Waals surface area contributed by atoms with Crippen molar-refractivity contribution in [2.45, 2.75) is 31.8 Å². The van der Waals surface area contributed by atoms with Crippen LogP contribution in [0.1, 0.15) is 25.7 Å². The molecule has 79 valence electrons. The van der Waals surface area contributed by atoms with E-state index >= 15 is 0 Å². The topological polar surface area (TPSA) is 77.7 Å². The molecular weight excluding hydrogens is 186 g/mol. The molecular formula is C9H14NO4. The van der Waals surface area contributed by atoms with Crippen LogP contribution >= 0.6 is 0 Å². The van der Waals surface area contributed by atoms with Crippen LogP contribution in [0.4, 0.5) is 0 Å². The maximum atomic E-state index is 11.1. The Kier molecular flexibility index (Phi) is 4.39. The Balaban J connectivity index is 2.15. The van der Waals surface area contributed by atoms with Crippen molar-refractivity contribution in [2.75, 3.05) is 13.1 Å². The molecule has 14 heavy (non-hydrogen) atoms. The highest BCUT2D eigenvalue weighted by atomic mass is 16.5. The minimum absolute atomic E-state index is 0.0387. The number of aliphatic carboxylic acids is 1. The van der Waals surface area contributed by atoms with Gasteiger partial charge in [-0.25, -0.2) is 5.32 Å². The van der Waals surface area contributed by atoms with Gasteiger partial charge in [0.2, 0.25) is 0 Å². The van der Waals surface area contributed by atoms with Gasteiger partial charge in [-0.3, -0.25) is 9.59 Å². The quantitative estimate of drug-likeness (QED) is 0.656. The second kappa shape index (κ2) is 5.59. The van der Waals surface area contributed by atoms with E-state index in [0.717, 1.165) is 25.9 Å². The number of esters is 1. The Morgan fingerprint density at radius 2 is 1.93 bits per heavy atom. The van der Waals surface area contributed by atoms with E-state index in [4.69, 9.17) is 9.84 Å². The number of hydrogen-bond donors (Lipinski definition) is 1. The van der Waals surface area contributed by atoms with Crippen LogP contribution in [0.3, 0.4) is 0 Å². The van der Waals surface area contributed by atoms with Crippen LogP contribution in [-0.2, 0) is 14.3 Å². The molecule has 0 aromatic heterocycles. The third-order valence-electron chi connectivity index (χ3n) is 2.06. The van der Waals surface area contributed by atoms with Crippen molar-refractivity contribution in [3.63, 3.8) is 0 Å². The molecule has 1 rings (SSSR count). The zero-order valence-corrected chi connectivity index (χ0v) is 7.94. The molecule has 1 aliphatic heterocycles. The Hall–Kier alpha value is -1.10. The summed E-state index contributed by atoms with van der Waals surface area (Å²) in [5, 5.41) is 12.5. The lowest BCUT2D eigenvalue weighted by atomic mass is 10.1. The normalized spacial score (nSPS) is 17.7. The van der Waals surface area contributed by atoms with Crippen LogP contribution in [0.25, 0.3) is 0 Å². The van der Waals surface area contributed by atoms with E-state index in [1.54, 1.807) is 0 Å². The van der Waals surface area contributed by atoms with E-state index in [-0.39, 0.29) is 18.9 Å². The molecule has 0 spiro atoms. The van der Waals surface area contributed by atoms with Gasteiger partial charge in [-0.15, -0.1) is 0 Å². The SMILES string of the molecule is O=C(O)CCC(=O)OC1CC[N]CC1. The smallest absolute Gasteiger partial charge is 0.306 e. The fourth-order valence-electron chi connectivity index (χ4n) is 1.30. The summed E-state index contributed by atoms with van der Waals surface area (Å²) in [5.74, 6) is -1.39. The van der Waals surface area contributed by atoms with E-state index in [1.165, 1.54) is 0 Å². The predicted octanol–water partition coefficient (Wildman–Crippen LogP) is 0.161. The van der Waals surface area contributed by atoms with Crippen LogP contribution in [0.5, 0.6) is 0 Å². The molecule has 5 nitrogen and oxygen atoms in total. The van der Waals surface area contributed by atoms with E-state index in [9.17, 15) is 9.59 Å². The summed E-state index contributed by atoms with van der Waals surface area (Å²) in [7, 11) is 0. The summed E-state index contributed by atoms with van der Waals surface area (Å²) in [5.41, 5.74) is 0. The maximum Gasteiger partial charge on any atom is 0.306 e. The van der Waals surface area contributed by atoms with Gasteiger partial charge in [0.1, 0.15) is 6.10 Å². The highest BCUT2D eigenvalue weighted by Gasteiger charge is 2.18. The molecule has 1 radical (unpaired) electrons. The second-order valence-corrected chi connectivity index (χ2v) is 3.25. The van der Waals surface area contributed by atoms with E-state index < -0.39 is 11.9 Å². The molecule has 1 heterocycles. The summed E-state index contributed by atoms with van der Waals surface area (Å²) in [6, 6.07) is 0. The van der Waals surface area contributed by atoms with Gasteiger partial charge in [0, 0.05) is 13.1 Å². The van der Waals surface area contributed by atoms with Crippen LogP contribution in [0, 0.1) is 0 Å². The number of carbonyl (C=O) groups excluding carboxylic acids is 1. The first-order valence-electron chi connectivity index (χ1n) is 4.73. The number of carbonyl (C=O) groups is 2. The summed E-state index contributed by atoms with van der Waals surface area (Å²) in [6.07, 6.45) is 1.27. The maximum absolute atomic E-state index is 11.1. The Labute approximate surface area is 82.4 Å². The van der Waals surface area contributed by atoms with Gasteiger partial charge in [-0.1, -0.05) is 0 Å². The molecule has 1 saturated heterocycles. The van der Waals surface area contributed by atoms with Gasteiger partial charge in [-0.05, 0) is 12.8 Å². The second-order valence-electron chi connectivity index (χ2n) is 3.25. The third kappa shape index (κ3) is 4.23. The predicted molar refractivity (Wildman–Crippen MR) is 47.9 cm³/mol. The molecule has 1 aliphatic rings. The Morgan fingerprint density at radius 3 is 2.50 bits per heavy atom. The lowest BCUT2D eigenvalue weighted by molar-refractivity contribution is -0.153. The summed E-state index contributed by atoms with van der Waals surface area (Å²) in [6.45, 7) is 1.47. The molecule has 1 fully saturated rings. The van der Waals surface area contributed by atoms with Gasteiger partial charge in [0.15, 0.2) is 0 Å². The van der Waals surface area contributed by atoms with Gasteiger partial charge < -0.3 is 9.84 Å². The summed E-state index contributed by atoms with van der Waals surface area (Å²) < 4.78 is 5.08. The highest BCUT2D eigenvalue weighted by molar-refractivity contribution is 5.76. The minimum Gasteiger partial charge on any atom is -0.481 e. The van der Waals surface area contributed by atoms with Gasteiger partial charge in [0.25, 0.3) is 0 Å². The largest absolute Gasteiger partial charge is 0.481 e. The monoisotopic (exact) mass is 200 g/mol. The molecule has 0 aliphatic carbocycles. The van der Waals surface area contributed by atoms with Gasteiger partial charge >= 0.3 is 11.9 Å². The standard InChI is InChI=1S/C9H14NO4/c11-8(12)1-2-9(13)14-7-3-5-10-6-4-7/h7H,1-6H2,(H,11,12). The average Bonchev–Trinajstić information content (AvgIpc) is 2.16. The van der Waals surface area contributed by atoms with Crippen molar-refractivity contribution >= 4 is 11.9 Å². The molecule has 0 unspecified atom stereocenters. The Bertz CT molecular complexity index is 211. The molecule has 0 atom stereocenters. The van der Waals surface area contributed by atoms with Crippen LogP contribution < -0.4 is 5.32 Å². The minimum atomic E-state index is -0.972. The van der Waals surface area contributed by atoms with Gasteiger partial charge in [0.05, 0.1) is 12.8 Å². The molecule has 1 N–H and O–H groups in total. The number of piperidine rings is 1. The highest BCUT2D eigenvalue weighted by Crippen LogP contribution is 2.09. The zero-order chi connectivity index (χ0) is 10.4. The number of carboxylic acids is 1. The first kappa shape index (κ1) is 11.0. The number of rotatable bonds is 4. The van der Waals surface area contributed by atoms with Crippen molar-refractivity contribution in [3.8, 4) is 0 Å². The first-order valence-corrected chi connectivity index (χ1v) is 4.73. The van der Waals surface area contributed by atoms with E-state index in [1.807, 2.05) is 0 Å². The fraction of sp³-hybridized carbons (Fsp3) is 0.778. The van der Waals surface area contributed by atoms with Crippen molar-refractivity contribution in [2.24, 2.45) is 0 Å². The Morgan fingerprint density at radius 1 is 1.29 bits per heavy atom. The van der Waals surface area contributed by atoms with Crippen molar-refractivity contribution in [1.82, 2.24) is 5.32 Å². The molecule has 0 aromatic carbocycles. The van der Waals surface area contributed by atoms with Crippen LogP contribution in [0.2, 0.25) is 0 Å². The van der Waals surface area contributed by atoms with Crippen molar-refractivity contribution < 1.29 is 19.4 Å². The summed E-state index contributed by atoms with van der Waals surface area (Å²) >= 11 is 0. The summed E-state index contributed by atoms with van der Waals surface area (Å²) in [4.78, 5) is 21.3. The lowest BCUT2D eigenvalue weighted by Gasteiger charge is -2.21. The molecule has 5 heteroatoms. The number of carboxylic acid groups (broad SMARTS) is 1. The molecule has 0 amide bonds. The zero-order valence-electron chi connectivity index (χ0n) is 7.94. The molecule has 0 bridgehead atoms. The lowest BCUT2D eigenvalue weighted by Crippen LogP contribution is -2.30. The van der Waals surface area contributed by atoms with Crippen LogP contribution in [0.15, 0.2) is 0 Å². The number of hydrogen-bond acceptors (Lipinski definition) is 3. The number of nitrogens with zero attached hydrogens (tertiary/aromatic N) is 1. The van der Waals surface area contributed by atoms with Crippen LogP contribution in [-0.4, -0.2) is 36.2 Å². The van der Waals surface area contributed by atoms with Crippen molar-refractivity contribution in [1.29, 1.82) is 0 Å². The number of ether oxygens (including phenoxy) is 1. The van der Waals surface area contributed by atoms with E-state index in [2.05, 4.69) is 5.32 Å². The van der Waals surface area contributed by atoms with Crippen molar-refractivity contribution in [3.05, 3.63) is 0 Å². The first-order chi connectivity index (χ1) is 6.68. The van der Waals surface area contributed by atoms with E-state index in [0.29, 0.717) is 0 Å². The molecule has 0 saturated carbocycles.